The molecule has 0 amide bonds. The van der Waals surface area contributed by atoms with Gasteiger partial charge in [0.05, 0.1) is 21.9 Å². The summed E-state index contributed by atoms with van der Waals surface area (Å²) in [5.41, 5.74) is 1.20. The molecule has 22 heavy (non-hydrogen) atoms. The fourth-order valence-electron chi connectivity index (χ4n) is 2.06. The maximum Gasteiger partial charge on any atom is 0.147 e. The van der Waals surface area contributed by atoms with E-state index in [1.54, 1.807) is 6.20 Å². The van der Waals surface area contributed by atoms with Crippen molar-refractivity contribution in [1.82, 2.24) is 14.9 Å². The van der Waals surface area contributed by atoms with Crippen LogP contribution in [0.2, 0.25) is 0 Å². The highest BCUT2D eigenvalue weighted by Gasteiger charge is 2.09. The van der Waals surface area contributed by atoms with E-state index in [4.69, 9.17) is 4.74 Å². The van der Waals surface area contributed by atoms with Gasteiger partial charge in [0.15, 0.2) is 0 Å². The lowest BCUT2D eigenvalue weighted by Crippen LogP contribution is -2.29. The number of imidazole rings is 1. The summed E-state index contributed by atoms with van der Waals surface area (Å²) in [6.07, 6.45) is 5.61. The molecule has 0 saturated carbocycles. The second-order valence-corrected chi connectivity index (χ2v) is 6.57. The van der Waals surface area contributed by atoms with E-state index in [0.29, 0.717) is 12.6 Å². The molecule has 0 bridgehead atoms. The van der Waals surface area contributed by atoms with Gasteiger partial charge in [-0.2, -0.15) is 0 Å². The van der Waals surface area contributed by atoms with Crippen LogP contribution in [0.15, 0.2) is 39.8 Å². The molecule has 1 heterocycles. The maximum atomic E-state index is 5.59. The van der Waals surface area contributed by atoms with E-state index in [0.717, 1.165) is 27.8 Å². The van der Waals surface area contributed by atoms with Crippen molar-refractivity contribution in [2.45, 2.75) is 33.0 Å². The first kappa shape index (κ1) is 19.5. The minimum absolute atomic E-state index is 0. The molecule has 0 aliphatic carbocycles. The second-order valence-electron chi connectivity index (χ2n) is 4.86. The van der Waals surface area contributed by atoms with Crippen molar-refractivity contribution in [3.05, 3.63) is 45.4 Å². The number of aromatic nitrogens is 2. The normalized spacial score (nSPS) is 11.8. The minimum atomic E-state index is 0. The smallest absolute Gasteiger partial charge is 0.147 e. The molecule has 0 radical (unpaired) electrons. The van der Waals surface area contributed by atoms with Crippen molar-refractivity contribution in [2.75, 3.05) is 6.61 Å². The van der Waals surface area contributed by atoms with Crippen molar-refractivity contribution in [1.29, 1.82) is 0 Å². The third-order valence-corrected chi connectivity index (χ3v) is 4.22. The first-order valence-electron chi connectivity index (χ1n) is 6.90. The molecule has 1 aromatic carbocycles. The quantitative estimate of drug-likeness (QED) is 0.675. The molecule has 2 aromatic rings. The average Bonchev–Trinajstić information content (AvgIpc) is 2.93. The van der Waals surface area contributed by atoms with Gasteiger partial charge in [-0.15, -0.1) is 12.4 Å². The van der Waals surface area contributed by atoms with Crippen LogP contribution in [0.3, 0.4) is 0 Å². The van der Waals surface area contributed by atoms with Gasteiger partial charge in [-0.1, -0.05) is 0 Å². The molecule has 0 aliphatic rings. The van der Waals surface area contributed by atoms with Gasteiger partial charge < -0.3 is 14.6 Å². The highest BCUT2D eigenvalue weighted by molar-refractivity contribution is 9.11. The summed E-state index contributed by atoms with van der Waals surface area (Å²) in [6.45, 7) is 6.50. The lowest BCUT2D eigenvalue weighted by molar-refractivity contribution is 0.336. The van der Waals surface area contributed by atoms with E-state index in [9.17, 15) is 0 Å². The molecule has 7 heteroatoms. The van der Waals surface area contributed by atoms with E-state index in [1.165, 1.54) is 5.56 Å². The van der Waals surface area contributed by atoms with Crippen molar-refractivity contribution >= 4 is 44.3 Å². The first-order chi connectivity index (χ1) is 10.1. The van der Waals surface area contributed by atoms with E-state index < -0.39 is 0 Å². The predicted octanol–water partition coefficient (Wildman–Crippen LogP) is 4.41. The fraction of sp³-hybridized carbons (Fsp3) is 0.400. The van der Waals surface area contributed by atoms with Crippen LogP contribution in [-0.2, 0) is 13.1 Å². The Morgan fingerprint density at radius 1 is 1.32 bits per heavy atom. The van der Waals surface area contributed by atoms with Crippen molar-refractivity contribution in [2.24, 2.45) is 0 Å². The average molecular weight is 454 g/mol. The summed E-state index contributed by atoms with van der Waals surface area (Å²) in [6, 6.07) is 4.54. The van der Waals surface area contributed by atoms with Crippen LogP contribution in [0.1, 0.15) is 19.4 Å². The Balaban J connectivity index is 0.00000242. The first-order valence-corrected chi connectivity index (χ1v) is 8.48. The number of halogens is 3. The van der Waals surface area contributed by atoms with E-state index in [1.807, 2.05) is 19.4 Å². The van der Waals surface area contributed by atoms with Crippen LogP contribution in [0, 0.1) is 0 Å². The van der Waals surface area contributed by atoms with Crippen LogP contribution >= 0.6 is 44.3 Å². The number of hydrogen-bond acceptors (Lipinski definition) is 3. The Hall–Kier alpha value is -0.560. The van der Waals surface area contributed by atoms with Crippen molar-refractivity contribution in [3.8, 4) is 5.75 Å². The van der Waals surface area contributed by atoms with Crippen LogP contribution in [0.4, 0.5) is 0 Å². The fourth-order valence-corrected chi connectivity index (χ4v) is 3.57. The Kier molecular flexibility index (Phi) is 8.46. The molecule has 0 spiro atoms. The summed E-state index contributed by atoms with van der Waals surface area (Å²) in [5.74, 6) is 0.854. The van der Waals surface area contributed by atoms with Crippen LogP contribution < -0.4 is 10.1 Å². The molecule has 1 unspecified atom stereocenters. The number of nitrogens with zero attached hydrogens (tertiary/aromatic N) is 2. The zero-order valence-electron chi connectivity index (χ0n) is 12.6. The van der Waals surface area contributed by atoms with Gasteiger partial charge in [-0.05, 0) is 63.4 Å². The zero-order chi connectivity index (χ0) is 15.2. The molecule has 0 aliphatic heterocycles. The lowest BCUT2D eigenvalue weighted by atomic mass is 10.2. The zero-order valence-corrected chi connectivity index (χ0v) is 16.5. The van der Waals surface area contributed by atoms with Crippen molar-refractivity contribution in [3.63, 3.8) is 0 Å². The molecular formula is C15H20Br2ClN3O. The number of benzene rings is 1. The largest absolute Gasteiger partial charge is 0.492 e. The number of ether oxygens (including phenoxy) is 1. The molecule has 1 atom stereocenters. The summed E-state index contributed by atoms with van der Waals surface area (Å²) in [4.78, 5) is 4.05. The standard InChI is InChI=1S/C15H19Br2N3O.ClH/c1-3-21-15-13(16)6-12(7-14(15)17)8-19-11(2)9-20-5-4-18-10-20;/h4-7,10-11,19H,3,8-9H2,1-2H3;1H. The van der Waals surface area contributed by atoms with Crippen LogP contribution in [0.25, 0.3) is 0 Å². The Morgan fingerprint density at radius 3 is 2.55 bits per heavy atom. The molecular weight excluding hydrogens is 433 g/mol. The highest BCUT2D eigenvalue weighted by Crippen LogP contribution is 2.34. The summed E-state index contributed by atoms with van der Waals surface area (Å²) < 4.78 is 9.61. The molecule has 2 rings (SSSR count). The van der Waals surface area contributed by atoms with Gasteiger partial charge in [-0.25, -0.2) is 4.98 Å². The molecule has 122 valence electrons. The Morgan fingerprint density at radius 2 is 2.00 bits per heavy atom. The van der Waals surface area contributed by atoms with Crippen LogP contribution in [0.5, 0.6) is 5.75 Å². The number of hydrogen-bond donors (Lipinski definition) is 1. The summed E-state index contributed by atoms with van der Waals surface area (Å²) in [5, 5.41) is 3.51. The van der Waals surface area contributed by atoms with Gasteiger partial charge in [0, 0.05) is 31.5 Å². The topological polar surface area (TPSA) is 39.1 Å². The van der Waals surface area contributed by atoms with Gasteiger partial charge in [0.1, 0.15) is 5.75 Å². The maximum absolute atomic E-state index is 5.59. The second kappa shape index (κ2) is 9.55. The summed E-state index contributed by atoms with van der Waals surface area (Å²) >= 11 is 7.12. The van der Waals surface area contributed by atoms with Crippen LogP contribution in [-0.4, -0.2) is 22.2 Å². The molecule has 1 aromatic heterocycles. The van der Waals surface area contributed by atoms with Crippen molar-refractivity contribution < 1.29 is 4.74 Å². The summed E-state index contributed by atoms with van der Waals surface area (Å²) in [7, 11) is 0. The van der Waals surface area contributed by atoms with Gasteiger partial charge >= 0.3 is 0 Å². The number of rotatable bonds is 7. The monoisotopic (exact) mass is 451 g/mol. The number of nitrogens with one attached hydrogen (secondary N) is 1. The van der Waals surface area contributed by atoms with E-state index >= 15 is 0 Å². The molecule has 1 N–H and O–H groups in total. The third-order valence-electron chi connectivity index (χ3n) is 3.05. The predicted molar refractivity (Wildman–Crippen MR) is 98.8 cm³/mol. The third kappa shape index (κ3) is 5.57. The van der Waals surface area contributed by atoms with Gasteiger partial charge in [0.25, 0.3) is 0 Å². The lowest BCUT2D eigenvalue weighted by Gasteiger charge is -2.16. The molecule has 0 fully saturated rings. The SMILES string of the molecule is CCOc1c(Br)cc(CNC(C)Cn2ccnc2)cc1Br.Cl. The van der Waals surface area contributed by atoms with Gasteiger partial charge in [0.2, 0.25) is 0 Å². The molecule has 4 nitrogen and oxygen atoms in total. The Labute approximate surface area is 154 Å². The van der Waals surface area contributed by atoms with E-state index in [2.05, 4.69) is 65.8 Å². The molecule has 0 saturated heterocycles. The Bertz CT molecular complexity index is 555. The minimum Gasteiger partial charge on any atom is -0.492 e. The van der Waals surface area contributed by atoms with Gasteiger partial charge in [-0.3, -0.25) is 0 Å². The highest BCUT2D eigenvalue weighted by atomic mass is 79.9. The van der Waals surface area contributed by atoms with E-state index in [-0.39, 0.29) is 12.4 Å².